The fraction of sp³-hybridized carbons (Fsp3) is 0.929. The lowest BCUT2D eigenvalue weighted by Gasteiger charge is -2.26. The molecule has 1 unspecified atom stereocenters. The van der Waals surface area contributed by atoms with Crippen molar-refractivity contribution in [2.24, 2.45) is 5.73 Å². The number of hydrogen-bond acceptors (Lipinski definition) is 4. The van der Waals surface area contributed by atoms with E-state index < -0.39 is 5.60 Å². The van der Waals surface area contributed by atoms with Gasteiger partial charge in [0.05, 0.1) is 5.60 Å². The smallest absolute Gasteiger partial charge is 0.407 e. The summed E-state index contributed by atoms with van der Waals surface area (Å²) in [5.41, 5.74) is 4.93. The zero-order chi connectivity index (χ0) is 15.1. The molecule has 5 nitrogen and oxygen atoms in total. The van der Waals surface area contributed by atoms with E-state index in [9.17, 15) is 4.79 Å². The van der Waals surface area contributed by atoms with Crippen molar-refractivity contribution in [3.63, 3.8) is 0 Å². The standard InChI is InChI=1S/C14H30N2O3/c1-11(15)7-10-18-14(5,6)8-9-16-12(17)19-13(2,3)4/h11H,7-10,15H2,1-6H3,(H,16,17). The van der Waals surface area contributed by atoms with E-state index >= 15 is 0 Å². The molecule has 0 heterocycles. The molecular weight excluding hydrogens is 244 g/mol. The van der Waals surface area contributed by atoms with Crippen LogP contribution in [0.15, 0.2) is 0 Å². The molecular formula is C14H30N2O3. The molecule has 3 N–H and O–H groups in total. The Morgan fingerprint density at radius 1 is 1.26 bits per heavy atom. The Kier molecular flexibility index (Phi) is 7.37. The summed E-state index contributed by atoms with van der Waals surface area (Å²) in [5.74, 6) is 0. The molecule has 1 atom stereocenters. The number of nitrogens with two attached hydrogens (primary N) is 1. The van der Waals surface area contributed by atoms with Crippen LogP contribution in [0.1, 0.15) is 54.4 Å². The third kappa shape index (κ3) is 12.0. The summed E-state index contributed by atoms with van der Waals surface area (Å²) in [6.07, 6.45) is 1.17. The van der Waals surface area contributed by atoms with Gasteiger partial charge in [0.15, 0.2) is 0 Å². The molecule has 0 saturated carbocycles. The van der Waals surface area contributed by atoms with Crippen molar-refractivity contribution in [3.8, 4) is 0 Å². The van der Waals surface area contributed by atoms with E-state index in [1.165, 1.54) is 0 Å². The van der Waals surface area contributed by atoms with Crippen molar-refractivity contribution >= 4 is 6.09 Å². The molecule has 0 aromatic heterocycles. The van der Waals surface area contributed by atoms with Crippen LogP contribution in [0.25, 0.3) is 0 Å². The summed E-state index contributed by atoms with van der Waals surface area (Å²) in [7, 11) is 0. The molecule has 19 heavy (non-hydrogen) atoms. The summed E-state index contributed by atoms with van der Waals surface area (Å²) in [4.78, 5) is 11.5. The number of hydrogen-bond donors (Lipinski definition) is 2. The minimum Gasteiger partial charge on any atom is -0.444 e. The van der Waals surface area contributed by atoms with Crippen LogP contribution in [-0.4, -0.2) is 36.5 Å². The number of amides is 1. The van der Waals surface area contributed by atoms with Gasteiger partial charge in [0, 0.05) is 19.2 Å². The minimum absolute atomic E-state index is 0.149. The van der Waals surface area contributed by atoms with Gasteiger partial charge in [0.1, 0.15) is 5.60 Å². The van der Waals surface area contributed by atoms with E-state index in [1.807, 2.05) is 41.5 Å². The van der Waals surface area contributed by atoms with Gasteiger partial charge in [0.2, 0.25) is 0 Å². The largest absolute Gasteiger partial charge is 0.444 e. The van der Waals surface area contributed by atoms with Crippen LogP contribution in [0.4, 0.5) is 4.79 Å². The molecule has 0 fully saturated rings. The van der Waals surface area contributed by atoms with Crippen LogP contribution in [0.3, 0.4) is 0 Å². The van der Waals surface area contributed by atoms with Gasteiger partial charge in [-0.05, 0) is 54.4 Å². The second-order valence-corrected chi connectivity index (χ2v) is 6.55. The first-order valence-corrected chi connectivity index (χ1v) is 6.88. The maximum Gasteiger partial charge on any atom is 0.407 e. The Hall–Kier alpha value is -0.810. The van der Waals surface area contributed by atoms with Crippen LogP contribution < -0.4 is 11.1 Å². The highest BCUT2D eigenvalue weighted by atomic mass is 16.6. The maximum atomic E-state index is 11.5. The molecule has 0 aromatic carbocycles. The van der Waals surface area contributed by atoms with Gasteiger partial charge in [-0.3, -0.25) is 0 Å². The second kappa shape index (κ2) is 7.70. The fourth-order valence-corrected chi connectivity index (χ4v) is 1.37. The predicted molar refractivity (Wildman–Crippen MR) is 77.2 cm³/mol. The van der Waals surface area contributed by atoms with Gasteiger partial charge >= 0.3 is 6.09 Å². The highest BCUT2D eigenvalue weighted by Gasteiger charge is 2.20. The number of rotatable bonds is 7. The van der Waals surface area contributed by atoms with Gasteiger partial charge in [-0.15, -0.1) is 0 Å². The average Bonchev–Trinajstić information content (AvgIpc) is 2.12. The second-order valence-electron chi connectivity index (χ2n) is 6.55. The first kappa shape index (κ1) is 18.2. The van der Waals surface area contributed by atoms with E-state index in [0.717, 1.165) is 12.8 Å². The lowest BCUT2D eigenvalue weighted by atomic mass is 10.1. The third-order valence-corrected chi connectivity index (χ3v) is 2.46. The molecule has 0 aromatic rings. The maximum absolute atomic E-state index is 11.5. The Labute approximate surface area is 117 Å². The number of alkyl carbamates (subject to hydrolysis) is 1. The average molecular weight is 274 g/mol. The molecule has 0 radical (unpaired) electrons. The quantitative estimate of drug-likeness (QED) is 0.748. The Morgan fingerprint density at radius 3 is 2.32 bits per heavy atom. The molecule has 0 aliphatic carbocycles. The van der Waals surface area contributed by atoms with E-state index in [2.05, 4.69) is 5.32 Å². The van der Waals surface area contributed by atoms with E-state index in [-0.39, 0.29) is 17.7 Å². The number of carbonyl (C=O) groups is 1. The molecule has 0 saturated heterocycles. The van der Waals surface area contributed by atoms with E-state index in [0.29, 0.717) is 13.2 Å². The monoisotopic (exact) mass is 274 g/mol. The van der Waals surface area contributed by atoms with Gasteiger partial charge in [0.25, 0.3) is 0 Å². The van der Waals surface area contributed by atoms with Gasteiger partial charge in [-0.1, -0.05) is 0 Å². The van der Waals surface area contributed by atoms with Crippen molar-refractivity contribution < 1.29 is 14.3 Å². The van der Waals surface area contributed by atoms with Crippen LogP contribution in [0.5, 0.6) is 0 Å². The summed E-state index contributed by atoms with van der Waals surface area (Å²) < 4.78 is 10.9. The lowest BCUT2D eigenvalue weighted by Crippen LogP contribution is -2.36. The first-order chi connectivity index (χ1) is 8.52. The third-order valence-electron chi connectivity index (χ3n) is 2.46. The molecule has 114 valence electrons. The number of carbonyl (C=O) groups excluding carboxylic acids is 1. The van der Waals surface area contributed by atoms with E-state index in [1.54, 1.807) is 0 Å². The number of nitrogens with one attached hydrogen (secondary N) is 1. The van der Waals surface area contributed by atoms with Crippen molar-refractivity contribution in [2.45, 2.75) is 71.6 Å². The van der Waals surface area contributed by atoms with Crippen LogP contribution in [0.2, 0.25) is 0 Å². The lowest BCUT2D eigenvalue weighted by molar-refractivity contribution is -0.0256. The molecule has 0 aliphatic rings. The van der Waals surface area contributed by atoms with Crippen LogP contribution in [0, 0.1) is 0 Å². The topological polar surface area (TPSA) is 73.6 Å². The fourth-order valence-electron chi connectivity index (χ4n) is 1.37. The minimum atomic E-state index is -0.465. The zero-order valence-corrected chi connectivity index (χ0v) is 13.2. The van der Waals surface area contributed by atoms with Crippen LogP contribution >= 0.6 is 0 Å². The summed E-state index contributed by atoms with van der Waals surface area (Å²) in [6.45, 7) is 12.7. The Balaban J connectivity index is 3.82. The SMILES string of the molecule is CC(N)CCOC(C)(C)CCNC(=O)OC(C)(C)C. The van der Waals surface area contributed by atoms with Gasteiger partial charge < -0.3 is 20.5 Å². The van der Waals surface area contributed by atoms with Gasteiger partial charge in [-0.25, -0.2) is 4.79 Å². The Morgan fingerprint density at radius 2 is 1.84 bits per heavy atom. The molecule has 0 rings (SSSR count). The van der Waals surface area contributed by atoms with Crippen LogP contribution in [-0.2, 0) is 9.47 Å². The van der Waals surface area contributed by atoms with Crippen molar-refractivity contribution in [2.75, 3.05) is 13.2 Å². The number of ether oxygens (including phenoxy) is 2. The van der Waals surface area contributed by atoms with Crippen molar-refractivity contribution in [1.82, 2.24) is 5.32 Å². The molecule has 0 aliphatic heterocycles. The molecule has 0 bridgehead atoms. The molecule has 0 spiro atoms. The molecule has 5 heteroatoms. The van der Waals surface area contributed by atoms with Gasteiger partial charge in [-0.2, -0.15) is 0 Å². The predicted octanol–water partition coefficient (Wildman–Crippen LogP) is 2.43. The van der Waals surface area contributed by atoms with Crippen molar-refractivity contribution in [3.05, 3.63) is 0 Å². The van der Waals surface area contributed by atoms with E-state index in [4.69, 9.17) is 15.2 Å². The zero-order valence-electron chi connectivity index (χ0n) is 13.2. The Bertz CT molecular complexity index is 270. The summed E-state index contributed by atoms with van der Waals surface area (Å²) in [5, 5.41) is 2.73. The van der Waals surface area contributed by atoms with Crippen molar-refractivity contribution in [1.29, 1.82) is 0 Å². The highest BCUT2D eigenvalue weighted by molar-refractivity contribution is 5.67. The normalized spacial score (nSPS) is 14.1. The summed E-state index contributed by atoms with van der Waals surface area (Å²) >= 11 is 0. The first-order valence-electron chi connectivity index (χ1n) is 6.88. The molecule has 1 amide bonds. The highest BCUT2D eigenvalue weighted by Crippen LogP contribution is 2.14. The summed E-state index contributed by atoms with van der Waals surface area (Å²) in [6, 6.07) is 0.149.